The average molecular weight is 289 g/mol. The van der Waals surface area contributed by atoms with Crippen molar-refractivity contribution in [2.45, 2.75) is 71.4 Å². The number of fused-ring (bicyclic) bond motifs is 2. The Morgan fingerprint density at radius 3 is 2.86 bits per heavy atom. The molecular weight excluding hydrogens is 258 g/mol. The molecule has 0 saturated heterocycles. The van der Waals surface area contributed by atoms with Gasteiger partial charge in [-0.3, -0.25) is 4.68 Å². The first-order chi connectivity index (χ1) is 10.3. The second kappa shape index (κ2) is 6.95. The topological polar surface area (TPSA) is 29.9 Å². The molecule has 1 aromatic rings. The number of rotatable bonds is 8. The molecule has 0 spiro atoms. The lowest BCUT2D eigenvalue weighted by Crippen LogP contribution is -2.26. The maximum Gasteiger partial charge on any atom is 0.0537 e. The molecule has 118 valence electrons. The van der Waals surface area contributed by atoms with Crippen LogP contribution in [0.15, 0.2) is 12.4 Å². The molecule has 21 heavy (non-hydrogen) atoms. The number of hydrogen-bond donors (Lipinski definition) is 1. The maximum absolute atomic E-state index is 4.53. The molecule has 1 aromatic heterocycles. The average Bonchev–Trinajstić information content (AvgIpc) is 3.19. The molecule has 2 aliphatic rings. The van der Waals surface area contributed by atoms with Crippen LogP contribution in [-0.4, -0.2) is 16.3 Å². The molecule has 2 aliphatic carbocycles. The summed E-state index contributed by atoms with van der Waals surface area (Å²) in [6, 6.07) is 0.514. The Hall–Kier alpha value is -0.830. The van der Waals surface area contributed by atoms with E-state index in [0.717, 1.165) is 37.3 Å². The molecule has 3 heteroatoms. The Balaban J connectivity index is 1.64. The minimum absolute atomic E-state index is 0.514. The Morgan fingerprint density at radius 1 is 1.29 bits per heavy atom. The monoisotopic (exact) mass is 289 g/mol. The highest BCUT2D eigenvalue weighted by Gasteiger charge is 2.40. The van der Waals surface area contributed by atoms with Crippen LogP contribution in [0.25, 0.3) is 0 Å². The van der Waals surface area contributed by atoms with Crippen LogP contribution in [0, 0.1) is 17.8 Å². The van der Waals surface area contributed by atoms with Gasteiger partial charge in [-0.1, -0.05) is 20.3 Å². The minimum Gasteiger partial charge on any atom is -0.310 e. The molecule has 0 amide bonds. The third-order valence-electron chi connectivity index (χ3n) is 5.57. The van der Waals surface area contributed by atoms with Gasteiger partial charge in [0.25, 0.3) is 0 Å². The minimum atomic E-state index is 0.514. The van der Waals surface area contributed by atoms with E-state index in [4.69, 9.17) is 0 Å². The zero-order chi connectivity index (χ0) is 14.7. The maximum atomic E-state index is 4.53. The van der Waals surface area contributed by atoms with Gasteiger partial charge < -0.3 is 5.32 Å². The Bertz CT molecular complexity index is 439. The first-order valence-corrected chi connectivity index (χ1v) is 9.05. The lowest BCUT2D eigenvalue weighted by atomic mass is 9.83. The molecule has 1 heterocycles. The van der Waals surface area contributed by atoms with Crippen LogP contribution >= 0.6 is 0 Å². The van der Waals surface area contributed by atoms with E-state index in [1.54, 1.807) is 0 Å². The van der Waals surface area contributed by atoms with Crippen molar-refractivity contribution in [1.82, 2.24) is 15.1 Å². The van der Waals surface area contributed by atoms with Crippen molar-refractivity contribution in [2.75, 3.05) is 6.54 Å². The van der Waals surface area contributed by atoms with E-state index >= 15 is 0 Å². The van der Waals surface area contributed by atoms with Crippen LogP contribution in [0.2, 0.25) is 0 Å². The third-order valence-corrected chi connectivity index (χ3v) is 5.57. The fraction of sp³-hybridized carbons (Fsp3) is 0.833. The van der Waals surface area contributed by atoms with Crippen LogP contribution in [0.1, 0.15) is 70.4 Å². The molecule has 3 nitrogen and oxygen atoms in total. The van der Waals surface area contributed by atoms with E-state index in [-0.39, 0.29) is 0 Å². The molecule has 3 rings (SSSR count). The number of nitrogens with zero attached hydrogens (tertiary/aromatic N) is 2. The SMILES string of the molecule is CCCNC(CC1CC2CCC1C2)c1cnn(CCC)c1. The lowest BCUT2D eigenvalue weighted by molar-refractivity contribution is 0.279. The van der Waals surface area contributed by atoms with Gasteiger partial charge in [-0.25, -0.2) is 0 Å². The summed E-state index contributed by atoms with van der Waals surface area (Å²) >= 11 is 0. The molecule has 2 bridgehead atoms. The molecule has 2 fully saturated rings. The van der Waals surface area contributed by atoms with Gasteiger partial charge >= 0.3 is 0 Å². The predicted octanol–water partition coefficient (Wildman–Crippen LogP) is 4.16. The Labute approximate surface area is 129 Å². The smallest absolute Gasteiger partial charge is 0.0537 e. The van der Waals surface area contributed by atoms with Crippen molar-refractivity contribution < 1.29 is 0 Å². The van der Waals surface area contributed by atoms with Gasteiger partial charge in [0, 0.05) is 24.3 Å². The summed E-state index contributed by atoms with van der Waals surface area (Å²) in [4.78, 5) is 0. The van der Waals surface area contributed by atoms with Crippen LogP contribution < -0.4 is 5.32 Å². The van der Waals surface area contributed by atoms with Crippen molar-refractivity contribution in [2.24, 2.45) is 17.8 Å². The normalized spacial score (nSPS) is 29.1. The van der Waals surface area contributed by atoms with Gasteiger partial charge in [0.05, 0.1) is 6.20 Å². The summed E-state index contributed by atoms with van der Waals surface area (Å²) in [5.74, 6) is 3.02. The van der Waals surface area contributed by atoms with Gasteiger partial charge in [0.2, 0.25) is 0 Å². The summed E-state index contributed by atoms with van der Waals surface area (Å²) in [5, 5.41) is 8.31. The molecular formula is C18H31N3. The van der Waals surface area contributed by atoms with Crippen molar-refractivity contribution in [3.63, 3.8) is 0 Å². The van der Waals surface area contributed by atoms with Gasteiger partial charge in [-0.2, -0.15) is 5.10 Å². The zero-order valence-corrected chi connectivity index (χ0v) is 13.7. The van der Waals surface area contributed by atoms with Gasteiger partial charge in [0.1, 0.15) is 0 Å². The summed E-state index contributed by atoms with van der Waals surface area (Å²) < 4.78 is 2.11. The van der Waals surface area contributed by atoms with Crippen LogP contribution in [-0.2, 0) is 6.54 Å². The lowest BCUT2D eigenvalue weighted by Gasteiger charge is -2.27. The van der Waals surface area contributed by atoms with E-state index < -0.39 is 0 Å². The predicted molar refractivity (Wildman–Crippen MR) is 87.1 cm³/mol. The second-order valence-corrected chi connectivity index (χ2v) is 7.21. The fourth-order valence-corrected chi connectivity index (χ4v) is 4.53. The summed E-state index contributed by atoms with van der Waals surface area (Å²) in [6.07, 6.45) is 14.0. The summed E-state index contributed by atoms with van der Waals surface area (Å²) in [6.45, 7) is 6.62. The molecule has 0 radical (unpaired) electrons. The van der Waals surface area contributed by atoms with Crippen LogP contribution in [0.5, 0.6) is 0 Å². The van der Waals surface area contributed by atoms with E-state index in [2.05, 4.69) is 41.3 Å². The van der Waals surface area contributed by atoms with Gasteiger partial charge in [-0.05, 0) is 62.8 Å². The summed E-state index contributed by atoms with van der Waals surface area (Å²) in [7, 11) is 0. The first kappa shape index (κ1) is 15.1. The zero-order valence-electron chi connectivity index (χ0n) is 13.7. The largest absolute Gasteiger partial charge is 0.310 e. The number of nitrogens with one attached hydrogen (secondary N) is 1. The second-order valence-electron chi connectivity index (χ2n) is 7.21. The van der Waals surface area contributed by atoms with Crippen molar-refractivity contribution in [1.29, 1.82) is 0 Å². The standard InChI is InChI=1S/C18H31N3/c1-3-7-19-18(17-12-20-21(13-17)8-4-2)11-16-10-14-5-6-15(16)9-14/h12-16,18-19H,3-11H2,1-2H3. The third kappa shape index (κ3) is 3.50. The van der Waals surface area contributed by atoms with Gasteiger partial charge in [0.15, 0.2) is 0 Å². The fourth-order valence-electron chi connectivity index (χ4n) is 4.53. The quantitative estimate of drug-likeness (QED) is 0.778. The highest BCUT2D eigenvalue weighted by atomic mass is 15.3. The van der Waals surface area contributed by atoms with E-state index in [1.807, 2.05) is 0 Å². The highest BCUT2D eigenvalue weighted by Crippen LogP contribution is 2.50. The molecule has 4 atom stereocenters. The molecule has 4 unspecified atom stereocenters. The van der Waals surface area contributed by atoms with E-state index in [1.165, 1.54) is 44.1 Å². The van der Waals surface area contributed by atoms with E-state index in [9.17, 15) is 0 Å². The van der Waals surface area contributed by atoms with Crippen molar-refractivity contribution >= 4 is 0 Å². The summed E-state index contributed by atoms with van der Waals surface area (Å²) in [5.41, 5.74) is 1.40. The highest BCUT2D eigenvalue weighted by molar-refractivity contribution is 5.11. The number of aromatic nitrogens is 2. The molecule has 1 N–H and O–H groups in total. The van der Waals surface area contributed by atoms with Crippen LogP contribution in [0.4, 0.5) is 0 Å². The molecule has 0 aromatic carbocycles. The van der Waals surface area contributed by atoms with Crippen molar-refractivity contribution in [3.05, 3.63) is 18.0 Å². The van der Waals surface area contributed by atoms with Crippen LogP contribution in [0.3, 0.4) is 0 Å². The Kier molecular flexibility index (Phi) is 4.99. The first-order valence-electron chi connectivity index (χ1n) is 9.05. The molecule has 0 aliphatic heterocycles. The number of hydrogen-bond acceptors (Lipinski definition) is 2. The van der Waals surface area contributed by atoms with E-state index in [0.29, 0.717) is 6.04 Å². The van der Waals surface area contributed by atoms with Crippen molar-refractivity contribution in [3.8, 4) is 0 Å². The number of aryl methyl sites for hydroxylation is 1. The molecule has 2 saturated carbocycles. The van der Waals surface area contributed by atoms with Gasteiger partial charge in [-0.15, -0.1) is 0 Å². The Morgan fingerprint density at radius 2 is 2.19 bits per heavy atom.